The maximum Gasteiger partial charge on any atom is 0.248 e. The van der Waals surface area contributed by atoms with Crippen molar-refractivity contribution >= 4 is 39.3 Å². The molecule has 0 aliphatic carbocycles. The van der Waals surface area contributed by atoms with E-state index in [2.05, 4.69) is 21.2 Å². The molecule has 96 valence electrons. The average molecular weight is 317 g/mol. The third kappa shape index (κ3) is 3.96. The van der Waals surface area contributed by atoms with Crippen LogP contribution in [0.4, 0.5) is 11.4 Å². The molecule has 0 saturated heterocycles. The maximum absolute atomic E-state index is 11.8. The van der Waals surface area contributed by atoms with E-state index in [0.29, 0.717) is 5.69 Å². The number of halogens is 1. The van der Waals surface area contributed by atoms with E-state index < -0.39 is 0 Å². The van der Waals surface area contributed by atoms with Gasteiger partial charge in [0.2, 0.25) is 5.91 Å². The fourth-order valence-electron chi connectivity index (χ4n) is 1.52. The minimum Gasteiger partial charge on any atom is -0.399 e. The van der Waals surface area contributed by atoms with Crippen molar-refractivity contribution in [1.82, 2.24) is 0 Å². The molecule has 2 aromatic rings. The Morgan fingerprint density at radius 3 is 2.47 bits per heavy atom. The molecule has 3 N–H and O–H groups in total. The van der Waals surface area contributed by atoms with Gasteiger partial charge in [-0.05, 0) is 51.8 Å². The first-order chi connectivity index (χ1) is 9.15. The fraction of sp³-hybridized carbons (Fsp3) is 0. The van der Waals surface area contributed by atoms with Crippen LogP contribution in [0.1, 0.15) is 5.56 Å². The molecular formula is C15H13BrN2O. The van der Waals surface area contributed by atoms with Crippen molar-refractivity contribution in [3.8, 4) is 0 Å². The fourth-order valence-corrected chi connectivity index (χ4v) is 1.90. The Bertz CT molecular complexity index is 606. The van der Waals surface area contributed by atoms with Crippen LogP contribution < -0.4 is 11.1 Å². The molecule has 0 heterocycles. The van der Waals surface area contributed by atoms with Gasteiger partial charge >= 0.3 is 0 Å². The minimum atomic E-state index is -0.177. The van der Waals surface area contributed by atoms with Gasteiger partial charge in [0, 0.05) is 16.2 Å². The molecule has 0 spiro atoms. The van der Waals surface area contributed by atoms with Gasteiger partial charge in [0.05, 0.1) is 5.69 Å². The van der Waals surface area contributed by atoms with E-state index >= 15 is 0 Å². The van der Waals surface area contributed by atoms with Crippen molar-refractivity contribution in [1.29, 1.82) is 0 Å². The summed E-state index contributed by atoms with van der Waals surface area (Å²) < 4.78 is 0.851. The summed E-state index contributed by atoms with van der Waals surface area (Å²) in [5, 5.41) is 2.79. The second-order valence-corrected chi connectivity index (χ2v) is 4.82. The van der Waals surface area contributed by atoms with Gasteiger partial charge in [0.1, 0.15) is 0 Å². The van der Waals surface area contributed by atoms with Crippen LogP contribution in [0.5, 0.6) is 0 Å². The Morgan fingerprint density at radius 2 is 1.79 bits per heavy atom. The van der Waals surface area contributed by atoms with Gasteiger partial charge in [0.25, 0.3) is 0 Å². The summed E-state index contributed by atoms with van der Waals surface area (Å²) in [7, 11) is 0. The molecule has 2 aromatic carbocycles. The largest absolute Gasteiger partial charge is 0.399 e. The van der Waals surface area contributed by atoms with Crippen LogP contribution in [0.3, 0.4) is 0 Å². The Labute approximate surface area is 120 Å². The van der Waals surface area contributed by atoms with Gasteiger partial charge in [-0.3, -0.25) is 4.79 Å². The van der Waals surface area contributed by atoms with Crippen LogP contribution in [0.25, 0.3) is 6.08 Å². The Kier molecular flexibility index (Phi) is 4.36. The number of nitrogens with two attached hydrogens (primary N) is 1. The van der Waals surface area contributed by atoms with Crippen molar-refractivity contribution in [2.24, 2.45) is 0 Å². The molecule has 0 fully saturated rings. The zero-order chi connectivity index (χ0) is 13.7. The number of benzene rings is 2. The lowest BCUT2D eigenvalue weighted by molar-refractivity contribution is -0.111. The number of carbonyl (C=O) groups excluding carboxylic acids is 1. The minimum absolute atomic E-state index is 0.177. The number of nitrogen functional groups attached to an aromatic ring is 1. The number of rotatable bonds is 3. The molecule has 0 bridgehead atoms. The van der Waals surface area contributed by atoms with E-state index in [9.17, 15) is 4.79 Å². The molecule has 0 aromatic heterocycles. The van der Waals surface area contributed by atoms with Gasteiger partial charge in [-0.15, -0.1) is 0 Å². The molecule has 19 heavy (non-hydrogen) atoms. The van der Waals surface area contributed by atoms with E-state index in [1.54, 1.807) is 18.2 Å². The molecule has 0 aliphatic heterocycles. The van der Waals surface area contributed by atoms with E-state index in [4.69, 9.17) is 5.73 Å². The summed E-state index contributed by atoms with van der Waals surface area (Å²) >= 11 is 3.38. The molecule has 3 nitrogen and oxygen atoms in total. The predicted molar refractivity (Wildman–Crippen MR) is 82.7 cm³/mol. The number of nitrogens with one attached hydrogen (secondary N) is 1. The number of para-hydroxylation sites is 1. The van der Waals surface area contributed by atoms with Crippen LogP contribution in [0.15, 0.2) is 59.1 Å². The summed E-state index contributed by atoms with van der Waals surface area (Å²) in [6.45, 7) is 0. The number of carbonyl (C=O) groups is 1. The lowest BCUT2D eigenvalue weighted by Crippen LogP contribution is -2.07. The summed E-state index contributed by atoms with van der Waals surface area (Å²) in [5.74, 6) is -0.177. The van der Waals surface area contributed by atoms with Gasteiger partial charge < -0.3 is 11.1 Å². The number of amides is 1. The third-order valence-electron chi connectivity index (χ3n) is 2.50. The highest BCUT2D eigenvalue weighted by Crippen LogP contribution is 2.21. The smallest absolute Gasteiger partial charge is 0.248 e. The summed E-state index contributed by atoms with van der Waals surface area (Å²) in [5.41, 5.74) is 7.97. The molecule has 4 heteroatoms. The summed E-state index contributed by atoms with van der Waals surface area (Å²) in [6, 6.07) is 14.8. The Morgan fingerprint density at radius 1 is 1.11 bits per heavy atom. The first kappa shape index (κ1) is 13.4. The van der Waals surface area contributed by atoms with E-state index in [-0.39, 0.29) is 5.91 Å². The average Bonchev–Trinajstić information content (AvgIpc) is 2.41. The third-order valence-corrected chi connectivity index (χ3v) is 3.19. The zero-order valence-corrected chi connectivity index (χ0v) is 11.7. The number of hydrogen-bond donors (Lipinski definition) is 2. The Hall–Kier alpha value is -2.07. The second-order valence-electron chi connectivity index (χ2n) is 3.97. The quantitative estimate of drug-likeness (QED) is 0.670. The Balaban J connectivity index is 2.02. The van der Waals surface area contributed by atoms with Crippen LogP contribution in [-0.4, -0.2) is 5.91 Å². The highest BCUT2D eigenvalue weighted by molar-refractivity contribution is 9.10. The molecule has 1 amide bonds. The highest BCUT2D eigenvalue weighted by Gasteiger charge is 2.01. The van der Waals surface area contributed by atoms with Crippen molar-refractivity contribution in [2.45, 2.75) is 0 Å². The first-order valence-corrected chi connectivity index (χ1v) is 6.53. The standard InChI is InChI=1S/C15H13BrN2O/c16-13-3-1-2-4-14(13)18-15(19)10-7-11-5-8-12(17)9-6-11/h1-10H,17H2,(H,18,19)/b10-7+. The first-order valence-electron chi connectivity index (χ1n) is 5.74. The molecule has 0 atom stereocenters. The molecule has 0 unspecified atom stereocenters. The van der Waals surface area contributed by atoms with Gasteiger partial charge in [-0.25, -0.2) is 0 Å². The van der Waals surface area contributed by atoms with Crippen molar-refractivity contribution in [3.05, 3.63) is 64.6 Å². The van der Waals surface area contributed by atoms with Crippen LogP contribution in [0.2, 0.25) is 0 Å². The van der Waals surface area contributed by atoms with Crippen LogP contribution in [-0.2, 0) is 4.79 Å². The summed E-state index contributed by atoms with van der Waals surface area (Å²) in [6.07, 6.45) is 3.23. The lowest BCUT2D eigenvalue weighted by Gasteiger charge is -2.04. The van der Waals surface area contributed by atoms with Crippen molar-refractivity contribution in [2.75, 3.05) is 11.1 Å². The van der Waals surface area contributed by atoms with Crippen LogP contribution >= 0.6 is 15.9 Å². The highest BCUT2D eigenvalue weighted by atomic mass is 79.9. The lowest BCUT2D eigenvalue weighted by atomic mass is 10.2. The molecule has 0 saturated carbocycles. The zero-order valence-electron chi connectivity index (χ0n) is 10.1. The SMILES string of the molecule is Nc1ccc(/C=C/C(=O)Nc2ccccc2Br)cc1. The van der Waals surface area contributed by atoms with Gasteiger partial charge in [-0.2, -0.15) is 0 Å². The number of anilines is 2. The van der Waals surface area contributed by atoms with E-state index in [1.165, 1.54) is 6.08 Å². The monoisotopic (exact) mass is 316 g/mol. The molecule has 0 aliphatic rings. The summed E-state index contributed by atoms with van der Waals surface area (Å²) in [4.78, 5) is 11.8. The van der Waals surface area contributed by atoms with Crippen molar-refractivity contribution < 1.29 is 4.79 Å². The van der Waals surface area contributed by atoms with Crippen LogP contribution in [0, 0.1) is 0 Å². The topological polar surface area (TPSA) is 55.1 Å². The normalized spacial score (nSPS) is 10.6. The maximum atomic E-state index is 11.8. The van der Waals surface area contributed by atoms with E-state index in [1.807, 2.05) is 36.4 Å². The molecular weight excluding hydrogens is 304 g/mol. The number of hydrogen-bond acceptors (Lipinski definition) is 2. The molecule has 0 radical (unpaired) electrons. The predicted octanol–water partition coefficient (Wildman–Crippen LogP) is 3.68. The molecule has 2 rings (SSSR count). The van der Waals surface area contributed by atoms with E-state index in [0.717, 1.165) is 15.7 Å². The second kappa shape index (κ2) is 6.20. The van der Waals surface area contributed by atoms with Gasteiger partial charge in [0.15, 0.2) is 0 Å². The van der Waals surface area contributed by atoms with Crippen molar-refractivity contribution in [3.63, 3.8) is 0 Å². The van der Waals surface area contributed by atoms with Gasteiger partial charge in [-0.1, -0.05) is 24.3 Å².